The van der Waals surface area contributed by atoms with Gasteiger partial charge in [-0.3, -0.25) is 14.4 Å². The molecule has 2 aliphatic heterocycles. The number of hydrogen-bond donors (Lipinski definition) is 1. The summed E-state index contributed by atoms with van der Waals surface area (Å²) in [7, 11) is 0. The number of aliphatic hydroxyl groups excluding tert-OH is 1. The Morgan fingerprint density at radius 3 is 2.69 bits per heavy atom. The minimum absolute atomic E-state index is 0.0160. The first kappa shape index (κ1) is 20.7. The van der Waals surface area contributed by atoms with Gasteiger partial charge in [0.1, 0.15) is 5.58 Å². The lowest BCUT2D eigenvalue weighted by molar-refractivity contribution is -0.126. The van der Waals surface area contributed by atoms with Crippen molar-refractivity contribution in [3.8, 4) is 0 Å². The predicted molar refractivity (Wildman–Crippen MR) is 123 cm³/mol. The van der Waals surface area contributed by atoms with Gasteiger partial charge in [-0.05, 0) is 31.2 Å². The Hall–Kier alpha value is -3.23. The molecule has 32 heavy (non-hydrogen) atoms. The fourth-order valence-corrected chi connectivity index (χ4v) is 5.15. The first-order chi connectivity index (χ1) is 15.3. The van der Waals surface area contributed by atoms with E-state index in [0.717, 1.165) is 0 Å². The standard InChI is InChI=1S/C24H19BrN2O5/c1-3-10-26-17-7-5-4-6-16(17)24(23(26)31)19-20(29)15-11-14(25)8-9-18(15)32-21(19)22(30)27(24)12-13(2)28/h3-9,11,13,28H,1,10,12H2,2H3. The molecule has 0 fully saturated rings. The van der Waals surface area contributed by atoms with Gasteiger partial charge in [-0.1, -0.05) is 40.2 Å². The van der Waals surface area contributed by atoms with E-state index in [9.17, 15) is 19.5 Å². The van der Waals surface area contributed by atoms with Gasteiger partial charge in [0.05, 0.1) is 22.7 Å². The lowest BCUT2D eigenvalue weighted by Crippen LogP contribution is -2.55. The van der Waals surface area contributed by atoms with Crippen LogP contribution in [0.3, 0.4) is 0 Å². The number of carbonyl (C=O) groups excluding carboxylic acids is 2. The lowest BCUT2D eigenvalue weighted by atomic mass is 9.84. The third-order valence-corrected chi connectivity index (χ3v) is 6.45. The molecule has 0 saturated heterocycles. The van der Waals surface area contributed by atoms with Crippen molar-refractivity contribution >= 4 is 44.4 Å². The van der Waals surface area contributed by atoms with Gasteiger partial charge in [0.2, 0.25) is 5.76 Å². The molecule has 7 nitrogen and oxygen atoms in total. The van der Waals surface area contributed by atoms with Crippen molar-refractivity contribution in [2.75, 3.05) is 18.0 Å². The van der Waals surface area contributed by atoms with Crippen molar-refractivity contribution in [1.29, 1.82) is 0 Å². The summed E-state index contributed by atoms with van der Waals surface area (Å²) in [6.45, 7) is 5.32. The summed E-state index contributed by atoms with van der Waals surface area (Å²) in [5.74, 6) is -1.23. The number of anilines is 1. The van der Waals surface area contributed by atoms with Crippen LogP contribution in [0.1, 0.15) is 28.6 Å². The van der Waals surface area contributed by atoms with Gasteiger partial charge in [-0.2, -0.15) is 0 Å². The Morgan fingerprint density at radius 1 is 1.22 bits per heavy atom. The smallest absolute Gasteiger partial charge is 0.291 e. The molecule has 0 bridgehead atoms. The van der Waals surface area contributed by atoms with E-state index >= 15 is 0 Å². The molecule has 2 unspecified atom stereocenters. The molecule has 1 aromatic heterocycles. The summed E-state index contributed by atoms with van der Waals surface area (Å²) in [6.07, 6.45) is 0.655. The summed E-state index contributed by atoms with van der Waals surface area (Å²) in [5.41, 5.74) is -0.852. The largest absolute Gasteiger partial charge is 0.450 e. The maximum Gasteiger partial charge on any atom is 0.291 e. The fourth-order valence-electron chi connectivity index (χ4n) is 4.79. The molecule has 0 aliphatic carbocycles. The van der Waals surface area contributed by atoms with Crippen LogP contribution in [0.15, 0.2) is 68.8 Å². The van der Waals surface area contributed by atoms with E-state index in [-0.39, 0.29) is 35.4 Å². The second-order valence-electron chi connectivity index (χ2n) is 7.97. The molecule has 2 atom stereocenters. The molecule has 2 aromatic carbocycles. The van der Waals surface area contributed by atoms with Crippen LogP contribution in [0, 0.1) is 0 Å². The summed E-state index contributed by atoms with van der Waals surface area (Å²) >= 11 is 3.37. The Balaban J connectivity index is 1.93. The van der Waals surface area contributed by atoms with Gasteiger partial charge in [0, 0.05) is 23.1 Å². The van der Waals surface area contributed by atoms with Crippen LogP contribution >= 0.6 is 15.9 Å². The quantitative estimate of drug-likeness (QED) is 0.562. The monoisotopic (exact) mass is 494 g/mol. The van der Waals surface area contributed by atoms with Crippen molar-refractivity contribution in [2.24, 2.45) is 0 Å². The van der Waals surface area contributed by atoms with Crippen LogP contribution < -0.4 is 10.3 Å². The van der Waals surface area contributed by atoms with Gasteiger partial charge < -0.3 is 19.3 Å². The number of fused-ring (bicyclic) bond motifs is 5. The maximum absolute atomic E-state index is 14.0. The van der Waals surface area contributed by atoms with Crippen LogP contribution in [0.4, 0.5) is 5.69 Å². The number of amides is 2. The van der Waals surface area contributed by atoms with Gasteiger partial charge in [0.25, 0.3) is 11.8 Å². The molecule has 0 saturated carbocycles. The fraction of sp³-hybridized carbons (Fsp3) is 0.208. The summed E-state index contributed by atoms with van der Waals surface area (Å²) < 4.78 is 6.59. The number of benzene rings is 2. The molecule has 8 heteroatoms. The number of carbonyl (C=O) groups is 2. The van der Waals surface area contributed by atoms with E-state index in [2.05, 4.69) is 22.5 Å². The normalized spacial score (nSPS) is 20.2. The molecule has 1 spiro atoms. The van der Waals surface area contributed by atoms with E-state index in [1.807, 2.05) is 0 Å². The number of aliphatic hydroxyl groups is 1. The van der Waals surface area contributed by atoms with E-state index in [4.69, 9.17) is 4.42 Å². The van der Waals surface area contributed by atoms with Crippen LogP contribution in [-0.4, -0.2) is 41.0 Å². The highest BCUT2D eigenvalue weighted by Gasteiger charge is 2.64. The van der Waals surface area contributed by atoms with Gasteiger partial charge in [-0.15, -0.1) is 6.58 Å². The molecule has 3 aromatic rings. The Morgan fingerprint density at radius 2 is 1.97 bits per heavy atom. The van der Waals surface area contributed by atoms with Crippen molar-refractivity contribution < 1.29 is 19.1 Å². The molecule has 0 radical (unpaired) electrons. The van der Waals surface area contributed by atoms with E-state index in [1.165, 1.54) is 16.7 Å². The summed E-state index contributed by atoms with van der Waals surface area (Å²) in [5, 5.41) is 10.5. The highest BCUT2D eigenvalue weighted by Crippen LogP contribution is 2.52. The maximum atomic E-state index is 14.0. The van der Waals surface area contributed by atoms with Crippen molar-refractivity contribution in [3.63, 3.8) is 0 Å². The van der Waals surface area contributed by atoms with Crippen LogP contribution in [0.2, 0.25) is 0 Å². The number of β-amino-alcohol motifs (C(OH)–C–C–N with tert-alkyl or cyclic N) is 1. The lowest BCUT2D eigenvalue weighted by Gasteiger charge is -2.34. The first-order valence-corrected chi connectivity index (χ1v) is 10.9. The second kappa shape index (κ2) is 7.15. The minimum Gasteiger partial charge on any atom is -0.450 e. The Kier molecular flexibility index (Phi) is 4.61. The molecule has 2 amide bonds. The highest BCUT2D eigenvalue weighted by molar-refractivity contribution is 9.10. The third-order valence-electron chi connectivity index (χ3n) is 5.96. The average Bonchev–Trinajstić information content (AvgIpc) is 3.15. The molecule has 1 N–H and O–H groups in total. The molecular formula is C24H19BrN2O5. The topological polar surface area (TPSA) is 91.1 Å². The Bertz CT molecular complexity index is 1380. The van der Waals surface area contributed by atoms with Gasteiger partial charge in [0.15, 0.2) is 11.0 Å². The number of rotatable bonds is 4. The van der Waals surface area contributed by atoms with Crippen molar-refractivity contribution in [2.45, 2.75) is 18.6 Å². The number of halogens is 1. The van der Waals surface area contributed by atoms with Crippen LogP contribution in [0.25, 0.3) is 11.0 Å². The zero-order valence-corrected chi connectivity index (χ0v) is 18.8. The van der Waals surface area contributed by atoms with E-state index < -0.39 is 28.9 Å². The molecular weight excluding hydrogens is 476 g/mol. The molecule has 3 heterocycles. The van der Waals surface area contributed by atoms with E-state index in [0.29, 0.717) is 15.7 Å². The van der Waals surface area contributed by atoms with Crippen LogP contribution in [0.5, 0.6) is 0 Å². The molecule has 2 aliphatic rings. The Labute approximate surface area is 191 Å². The first-order valence-electron chi connectivity index (χ1n) is 10.1. The average molecular weight is 495 g/mol. The predicted octanol–water partition coefficient (Wildman–Crippen LogP) is 3.17. The third kappa shape index (κ3) is 2.53. The van der Waals surface area contributed by atoms with Gasteiger partial charge in [-0.25, -0.2) is 0 Å². The van der Waals surface area contributed by atoms with Gasteiger partial charge >= 0.3 is 0 Å². The molecule has 162 valence electrons. The summed E-state index contributed by atoms with van der Waals surface area (Å²) in [6, 6.07) is 12.0. The number of hydrogen-bond acceptors (Lipinski definition) is 5. The SMILES string of the molecule is C=CCN1C(=O)C2(c3ccccc31)c1c(oc3ccc(Br)cc3c1=O)C(=O)N2CC(C)O. The molecule has 5 rings (SSSR count). The number of para-hydroxylation sites is 1. The van der Waals surface area contributed by atoms with Crippen molar-refractivity contribution in [3.05, 3.63) is 86.7 Å². The highest BCUT2D eigenvalue weighted by atomic mass is 79.9. The second-order valence-corrected chi connectivity index (χ2v) is 8.89. The zero-order valence-electron chi connectivity index (χ0n) is 17.2. The summed E-state index contributed by atoms with van der Waals surface area (Å²) in [4.78, 5) is 44.2. The zero-order chi connectivity index (χ0) is 22.8. The van der Waals surface area contributed by atoms with E-state index in [1.54, 1.807) is 48.5 Å². The van der Waals surface area contributed by atoms with Crippen LogP contribution in [-0.2, 0) is 10.3 Å². The van der Waals surface area contributed by atoms with Crippen molar-refractivity contribution in [1.82, 2.24) is 4.90 Å². The number of nitrogens with zero attached hydrogens (tertiary/aromatic N) is 2. The minimum atomic E-state index is -1.72.